The van der Waals surface area contributed by atoms with Crippen LogP contribution < -0.4 is 4.74 Å². The van der Waals surface area contributed by atoms with E-state index in [0.29, 0.717) is 29.1 Å². The maximum absolute atomic E-state index is 12.6. The lowest BCUT2D eigenvalue weighted by Crippen LogP contribution is -2.24. The van der Waals surface area contributed by atoms with Crippen molar-refractivity contribution in [3.8, 4) is 17.1 Å². The summed E-state index contributed by atoms with van der Waals surface area (Å²) in [5, 5.41) is 0. The number of esters is 2. The number of hydrogen-bond donors (Lipinski definition) is 0. The largest absolute Gasteiger partial charge is 0.454 e. The number of ketones is 1. The lowest BCUT2D eigenvalue weighted by molar-refractivity contribution is -0.146. The molecule has 0 N–H and O–H groups in total. The van der Waals surface area contributed by atoms with Gasteiger partial charge in [0.05, 0.1) is 5.56 Å². The molecule has 200 valence electrons. The van der Waals surface area contributed by atoms with Crippen molar-refractivity contribution in [2.45, 2.75) is 78.2 Å². The summed E-state index contributed by atoms with van der Waals surface area (Å²) in [5.74, 6) is -0.321. The van der Waals surface area contributed by atoms with Gasteiger partial charge in [-0.3, -0.25) is 9.59 Å². The van der Waals surface area contributed by atoms with Gasteiger partial charge in [-0.15, -0.1) is 0 Å². The summed E-state index contributed by atoms with van der Waals surface area (Å²) in [5.41, 5.74) is 2.69. The molecule has 38 heavy (non-hydrogen) atoms. The fourth-order valence-corrected chi connectivity index (χ4v) is 3.92. The highest BCUT2D eigenvalue weighted by molar-refractivity contribution is 6.00. The van der Waals surface area contributed by atoms with Gasteiger partial charge in [-0.05, 0) is 68.1 Å². The summed E-state index contributed by atoms with van der Waals surface area (Å²) in [6, 6.07) is 13.1. The van der Waals surface area contributed by atoms with Gasteiger partial charge in [0.25, 0.3) is 0 Å². The van der Waals surface area contributed by atoms with Crippen molar-refractivity contribution in [2.24, 2.45) is 0 Å². The van der Waals surface area contributed by atoms with Crippen LogP contribution in [-0.2, 0) is 16.0 Å². The van der Waals surface area contributed by atoms with Gasteiger partial charge in [0.1, 0.15) is 5.75 Å². The van der Waals surface area contributed by atoms with Gasteiger partial charge in [-0.1, -0.05) is 51.7 Å². The van der Waals surface area contributed by atoms with Gasteiger partial charge in [0.15, 0.2) is 11.9 Å². The number of nitrogens with zero attached hydrogens (tertiary/aromatic N) is 2. The van der Waals surface area contributed by atoms with E-state index >= 15 is 0 Å². The van der Waals surface area contributed by atoms with E-state index in [1.165, 1.54) is 25.7 Å². The Kier molecular flexibility index (Phi) is 11.1. The molecule has 3 aromatic rings. The molecule has 0 saturated carbocycles. The monoisotopic (exact) mass is 516 g/mol. The second-order valence-corrected chi connectivity index (χ2v) is 9.32. The average molecular weight is 517 g/mol. The molecule has 0 spiro atoms. The van der Waals surface area contributed by atoms with Crippen molar-refractivity contribution < 1.29 is 23.9 Å². The van der Waals surface area contributed by atoms with E-state index in [4.69, 9.17) is 9.47 Å². The summed E-state index contributed by atoms with van der Waals surface area (Å²) in [6.45, 7) is 5.62. The Morgan fingerprint density at radius 2 is 1.42 bits per heavy atom. The van der Waals surface area contributed by atoms with Crippen LogP contribution in [0.15, 0.2) is 60.9 Å². The molecule has 0 amide bonds. The first-order valence-electron chi connectivity index (χ1n) is 13.4. The first-order chi connectivity index (χ1) is 18.4. The van der Waals surface area contributed by atoms with Gasteiger partial charge < -0.3 is 9.47 Å². The van der Waals surface area contributed by atoms with E-state index in [1.807, 2.05) is 19.3 Å². The number of unbranched alkanes of at least 4 members (excludes halogenated alkanes) is 4. The van der Waals surface area contributed by atoms with E-state index in [1.54, 1.807) is 55.5 Å². The average Bonchev–Trinajstić information content (AvgIpc) is 2.93. The number of Topliss-reactive ketones (excluding diaryl/α,β-unsaturated/α-hetero) is 1. The van der Waals surface area contributed by atoms with Crippen molar-refractivity contribution in [1.29, 1.82) is 0 Å². The topological polar surface area (TPSA) is 95.5 Å². The van der Waals surface area contributed by atoms with Gasteiger partial charge in [0.2, 0.25) is 5.78 Å². The molecule has 7 nitrogen and oxygen atoms in total. The zero-order valence-corrected chi connectivity index (χ0v) is 22.4. The molecular formula is C31H36N2O5. The van der Waals surface area contributed by atoms with Crippen LogP contribution in [0.4, 0.5) is 0 Å². The maximum atomic E-state index is 12.6. The summed E-state index contributed by atoms with van der Waals surface area (Å²) < 4.78 is 10.6. The van der Waals surface area contributed by atoms with Crippen molar-refractivity contribution >= 4 is 17.7 Å². The highest BCUT2D eigenvalue weighted by Crippen LogP contribution is 2.19. The molecule has 0 fully saturated rings. The van der Waals surface area contributed by atoms with Crippen molar-refractivity contribution in [1.82, 2.24) is 9.97 Å². The van der Waals surface area contributed by atoms with E-state index in [9.17, 15) is 14.4 Å². The number of ether oxygens (including phenoxy) is 2. The Morgan fingerprint density at radius 3 is 2.05 bits per heavy atom. The Balaban J connectivity index is 1.53. The number of carbonyl (C=O) groups is 3. The molecular weight excluding hydrogens is 480 g/mol. The van der Waals surface area contributed by atoms with Crippen LogP contribution in [0.5, 0.6) is 5.75 Å². The van der Waals surface area contributed by atoms with Crippen LogP contribution in [0, 0.1) is 0 Å². The van der Waals surface area contributed by atoms with E-state index in [0.717, 1.165) is 24.0 Å². The minimum absolute atomic E-state index is 0.270. The fraction of sp³-hybridized carbons (Fsp3) is 0.387. The Bertz CT molecular complexity index is 1190. The molecule has 0 bridgehead atoms. The minimum atomic E-state index is -0.878. The molecule has 0 aliphatic heterocycles. The fourth-order valence-electron chi connectivity index (χ4n) is 3.92. The molecule has 3 rings (SSSR count). The Hall–Kier alpha value is -3.87. The van der Waals surface area contributed by atoms with Crippen LogP contribution in [0.3, 0.4) is 0 Å². The Morgan fingerprint density at radius 1 is 0.789 bits per heavy atom. The van der Waals surface area contributed by atoms with Crippen LogP contribution in [0.2, 0.25) is 0 Å². The van der Waals surface area contributed by atoms with E-state index in [2.05, 4.69) is 16.9 Å². The quantitative estimate of drug-likeness (QED) is 0.101. The van der Waals surface area contributed by atoms with Gasteiger partial charge >= 0.3 is 11.9 Å². The Labute approximate surface area is 224 Å². The molecule has 1 atom stereocenters. The van der Waals surface area contributed by atoms with Crippen LogP contribution >= 0.6 is 0 Å². The number of rotatable bonds is 14. The smallest absolute Gasteiger partial charge is 0.343 e. The molecule has 1 aromatic heterocycles. The summed E-state index contributed by atoms with van der Waals surface area (Å²) in [7, 11) is 0. The number of aryl methyl sites for hydroxylation is 1. The highest BCUT2D eigenvalue weighted by Gasteiger charge is 2.19. The lowest BCUT2D eigenvalue weighted by atomic mass is 10.1. The zero-order chi connectivity index (χ0) is 27.3. The second kappa shape index (κ2) is 14.8. The third-order valence-corrected chi connectivity index (χ3v) is 6.13. The molecule has 0 aliphatic rings. The zero-order valence-electron chi connectivity index (χ0n) is 22.4. The predicted octanol–water partition coefficient (Wildman–Crippen LogP) is 6.79. The highest BCUT2D eigenvalue weighted by atomic mass is 16.5. The van der Waals surface area contributed by atoms with Crippen molar-refractivity contribution in [2.75, 3.05) is 0 Å². The molecule has 0 radical (unpaired) electrons. The van der Waals surface area contributed by atoms with Gasteiger partial charge in [0, 0.05) is 29.9 Å². The number of carbonyl (C=O) groups excluding carboxylic acids is 3. The molecule has 1 heterocycles. The maximum Gasteiger partial charge on any atom is 0.343 e. The summed E-state index contributed by atoms with van der Waals surface area (Å²) in [6.07, 6.45) is 10.9. The SMILES string of the molecule is CCCCCCCc1cnc(-c2ccc(C(=O)Oc3ccc(C(=O)C(C)OC(=O)CCC)cc3)cc2)nc1. The first-order valence-corrected chi connectivity index (χ1v) is 13.4. The minimum Gasteiger partial charge on any atom is -0.454 e. The van der Waals surface area contributed by atoms with Crippen LogP contribution in [-0.4, -0.2) is 33.8 Å². The lowest BCUT2D eigenvalue weighted by Gasteiger charge is -2.12. The number of benzene rings is 2. The molecule has 2 aromatic carbocycles. The van der Waals surface area contributed by atoms with Crippen LogP contribution in [0.1, 0.15) is 92.0 Å². The van der Waals surface area contributed by atoms with E-state index < -0.39 is 18.0 Å². The third-order valence-electron chi connectivity index (χ3n) is 6.13. The van der Waals surface area contributed by atoms with Crippen molar-refractivity contribution in [3.63, 3.8) is 0 Å². The first kappa shape index (κ1) is 28.7. The molecule has 1 unspecified atom stereocenters. The van der Waals surface area contributed by atoms with Crippen LogP contribution in [0.25, 0.3) is 11.4 Å². The third kappa shape index (κ3) is 8.61. The second-order valence-electron chi connectivity index (χ2n) is 9.32. The normalized spacial score (nSPS) is 11.6. The molecule has 0 saturated heterocycles. The van der Waals surface area contributed by atoms with Gasteiger partial charge in [-0.25, -0.2) is 14.8 Å². The predicted molar refractivity (Wildman–Crippen MR) is 146 cm³/mol. The number of hydrogen-bond acceptors (Lipinski definition) is 7. The molecule has 0 aliphatic carbocycles. The molecule has 7 heteroatoms. The van der Waals surface area contributed by atoms with E-state index in [-0.39, 0.29) is 12.2 Å². The summed E-state index contributed by atoms with van der Waals surface area (Å²) >= 11 is 0. The summed E-state index contributed by atoms with van der Waals surface area (Å²) in [4.78, 5) is 45.7. The van der Waals surface area contributed by atoms with Crippen molar-refractivity contribution in [3.05, 3.63) is 77.6 Å². The van der Waals surface area contributed by atoms with Gasteiger partial charge in [-0.2, -0.15) is 0 Å². The number of aromatic nitrogens is 2. The standard InChI is InChI=1S/C31H36N2O5/c1-4-6-7-8-9-11-23-20-32-30(33-21-23)25-12-14-26(15-13-25)31(36)38-27-18-16-24(17-19-27)29(35)22(3)37-28(34)10-5-2/h12-22H,4-11H2,1-3H3.